The van der Waals surface area contributed by atoms with Crippen molar-refractivity contribution in [3.8, 4) is 0 Å². The molecule has 3 aromatic rings. The molecule has 1 saturated heterocycles. The number of rotatable bonds is 7. The van der Waals surface area contributed by atoms with Gasteiger partial charge < -0.3 is 5.32 Å². The van der Waals surface area contributed by atoms with Crippen LogP contribution >= 0.6 is 23.2 Å². The Hall–Kier alpha value is -2.38. The van der Waals surface area contributed by atoms with Crippen LogP contribution in [-0.2, 0) is 20.6 Å². The molecule has 8 heteroatoms. The van der Waals surface area contributed by atoms with Gasteiger partial charge in [0.25, 0.3) is 0 Å². The van der Waals surface area contributed by atoms with E-state index in [4.69, 9.17) is 23.2 Å². The fourth-order valence-electron chi connectivity index (χ4n) is 4.38. The number of nitrogens with one attached hydrogen (secondary N) is 1. The Balaban J connectivity index is 1.51. The number of aryl methyl sites for hydroxylation is 1. The Morgan fingerprint density at radius 1 is 0.971 bits per heavy atom. The first-order valence-corrected chi connectivity index (χ1v) is 13.9. The third-order valence-electron chi connectivity index (χ3n) is 6.37. The van der Waals surface area contributed by atoms with Gasteiger partial charge in [0, 0.05) is 28.7 Å². The lowest BCUT2D eigenvalue weighted by Crippen LogP contribution is -2.46. The van der Waals surface area contributed by atoms with Gasteiger partial charge in [-0.3, -0.25) is 4.79 Å². The standard InChI is InChI=1S/C27H28Cl2N2O3S/c1-19-12-14-21(15-13-19)26(20-7-3-2-4-8-20)30-27(32)22-9-6-16-31(17-22)35(33,34)18-23-24(28)10-5-11-25(23)29/h2-5,7-8,10-15,22,26H,6,9,16-18H2,1H3,(H,30,32)/t22-,26+/m1/s1. The number of halogens is 2. The zero-order valence-corrected chi connectivity index (χ0v) is 21.8. The average molecular weight is 532 g/mol. The molecule has 1 amide bonds. The van der Waals surface area contributed by atoms with E-state index in [1.807, 2.05) is 61.5 Å². The molecule has 35 heavy (non-hydrogen) atoms. The molecule has 1 N–H and O–H groups in total. The number of benzene rings is 3. The van der Waals surface area contributed by atoms with E-state index in [0.717, 1.165) is 16.7 Å². The van der Waals surface area contributed by atoms with Crippen molar-refractivity contribution >= 4 is 39.1 Å². The minimum absolute atomic E-state index is 0.131. The maximum atomic E-state index is 13.4. The van der Waals surface area contributed by atoms with E-state index >= 15 is 0 Å². The van der Waals surface area contributed by atoms with Gasteiger partial charge in [0.15, 0.2) is 0 Å². The minimum Gasteiger partial charge on any atom is -0.345 e. The summed E-state index contributed by atoms with van der Waals surface area (Å²) in [5.74, 6) is -0.900. The van der Waals surface area contributed by atoms with Crippen molar-refractivity contribution < 1.29 is 13.2 Å². The Morgan fingerprint density at radius 2 is 1.60 bits per heavy atom. The predicted octanol–water partition coefficient (Wildman–Crippen LogP) is 5.75. The number of hydrogen-bond acceptors (Lipinski definition) is 3. The van der Waals surface area contributed by atoms with Gasteiger partial charge in [-0.05, 0) is 43.0 Å². The molecule has 4 rings (SSSR count). The molecule has 1 fully saturated rings. The molecule has 0 aliphatic carbocycles. The normalized spacial score (nSPS) is 17.6. The molecule has 0 bridgehead atoms. The van der Waals surface area contributed by atoms with Crippen molar-refractivity contribution in [3.05, 3.63) is 105 Å². The summed E-state index contributed by atoms with van der Waals surface area (Å²) in [4.78, 5) is 13.4. The van der Waals surface area contributed by atoms with Crippen LogP contribution in [0.3, 0.4) is 0 Å². The van der Waals surface area contributed by atoms with Gasteiger partial charge in [0.05, 0.1) is 17.7 Å². The Labute approximate surface area is 217 Å². The molecule has 1 heterocycles. The van der Waals surface area contributed by atoms with E-state index in [0.29, 0.717) is 35.0 Å². The summed E-state index contributed by atoms with van der Waals surface area (Å²) in [7, 11) is -3.70. The number of piperidine rings is 1. The molecular formula is C27H28Cl2N2O3S. The lowest BCUT2D eigenvalue weighted by Gasteiger charge is -2.32. The predicted molar refractivity (Wildman–Crippen MR) is 141 cm³/mol. The number of carbonyl (C=O) groups excluding carboxylic acids is 1. The highest BCUT2D eigenvalue weighted by Crippen LogP contribution is 2.30. The topological polar surface area (TPSA) is 66.5 Å². The van der Waals surface area contributed by atoms with Crippen LogP contribution < -0.4 is 5.32 Å². The van der Waals surface area contributed by atoms with Crippen molar-refractivity contribution in [1.82, 2.24) is 9.62 Å². The van der Waals surface area contributed by atoms with Crippen molar-refractivity contribution in [1.29, 1.82) is 0 Å². The van der Waals surface area contributed by atoms with Gasteiger partial charge in [-0.15, -0.1) is 0 Å². The molecule has 5 nitrogen and oxygen atoms in total. The average Bonchev–Trinajstić information content (AvgIpc) is 2.86. The molecule has 1 aliphatic heterocycles. The molecule has 0 spiro atoms. The quantitative estimate of drug-likeness (QED) is 0.422. The fraction of sp³-hybridized carbons (Fsp3) is 0.296. The number of carbonyl (C=O) groups is 1. The second kappa shape index (κ2) is 11.1. The van der Waals surface area contributed by atoms with E-state index < -0.39 is 15.9 Å². The number of amides is 1. The van der Waals surface area contributed by atoms with Crippen molar-refractivity contribution in [2.45, 2.75) is 31.6 Å². The van der Waals surface area contributed by atoms with Crippen molar-refractivity contribution in [2.75, 3.05) is 13.1 Å². The molecule has 0 aromatic heterocycles. The summed E-state index contributed by atoms with van der Waals surface area (Å²) in [6, 6.07) is 22.5. The van der Waals surface area contributed by atoms with E-state index in [-0.39, 0.29) is 24.2 Å². The monoisotopic (exact) mass is 530 g/mol. The first kappa shape index (κ1) is 25.7. The zero-order valence-electron chi connectivity index (χ0n) is 19.5. The summed E-state index contributed by atoms with van der Waals surface area (Å²) in [6.45, 7) is 2.52. The molecule has 1 aliphatic rings. The minimum atomic E-state index is -3.70. The number of hydrogen-bond donors (Lipinski definition) is 1. The molecule has 0 radical (unpaired) electrons. The summed E-state index contributed by atoms with van der Waals surface area (Å²) in [6.07, 6.45) is 1.23. The third-order valence-corrected chi connectivity index (χ3v) is 8.85. The molecule has 184 valence electrons. The SMILES string of the molecule is Cc1ccc([C@@H](NC(=O)[C@@H]2CCCN(S(=O)(=O)Cc3c(Cl)cccc3Cl)C2)c2ccccc2)cc1. The van der Waals surface area contributed by atoms with Crippen LogP contribution in [0.2, 0.25) is 10.0 Å². The summed E-state index contributed by atoms with van der Waals surface area (Å²) in [5.41, 5.74) is 3.46. The van der Waals surface area contributed by atoms with Gasteiger partial charge in [-0.1, -0.05) is 89.4 Å². The van der Waals surface area contributed by atoms with E-state index in [9.17, 15) is 13.2 Å². The third kappa shape index (κ3) is 6.25. The highest BCUT2D eigenvalue weighted by atomic mass is 35.5. The van der Waals surface area contributed by atoms with Crippen molar-refractivity contribution in [2.24, 2.45) is 5.92 Å². The van der Waals surface area contributed by atoms with Gasteiger partial charge in [0.2, 0.25) is 15.9 Å². The molecular weight excluding hydrogens is 503 g/mol. The molecule has 0 unspecified atom stereocenters. The lowest BCUT2D eigenvalue weighted by atomic mass is 9.94. The van der Waals surface area contributed by atoms with Crippen LogP contribution in [0.1, 0.15) is 41.1 Å². The Kier molecular flexibility index (Phi) is 8.17. The van der Waals surface area contributed by atoms with E-state index in [2.05, 4.69) is 5.32 Å². The Morgan fingerprint density at radius 3 is 2.26 bits per heavy atom. The fourth-order valence-corrected chi connectivity index (χ4v) is 6.74. The van der Waals surface area contributed by atoms with Crippen LogP contribution in [0.25, 0.3) is 0 Å². The first-order valence-electron chi connectivity index (χ1n) is 11.6. The molecule has 3 aromatic carbocycles. The maximum Gasteiger partial charge on any atom is 0.225 e. The maximum absolute atomic E-state index is 13.4. The van der Waals surface area contributed by atoms with Gasteiger partial charge in [-0.25, -0.2) is 12.7 Å². The second-order valence-corrected chi connectivity index (χ2v) is 11.7. The van der Waals surface area contributed by atoms with Gasteiger partial charge in [-0.2, -0.15) is 0 Å². The smallest absolute Gasteiger partial charge is 0.225 e. The van der Waals surface area contributed by atoms with E-state index in [1.54, 1.807) is 18.2 Å². The number of sulfonamides is 1. The Bertz CT molecular complexity index is 1260. The lowest BCUT2D eigenvalue weighted by molar-refractivity contribution is -0.126. The van der Waals surface area contributed by atoms with Crippen molar-refractivity contribution in [3.63, 3.8) is 0 Å². The summed E-state index contributed by atoms with van der Waals surface area (Å²) >= 11 is 12.4. The molecule has 2 atom stereocenters. The van der Waals surface area contributed by atoms with Gasteiger partial charge in [0.1, 0.15) is 0 Å². The van der Waals surface area contributed by atoms with Crippen LogP contribution in [-0.4, -0.2) is 31.7 Å². The summed E-state index contributed by atoms with van der Waals surface area (Å²) < 4.78 is 27.8. The second-order valence-electron chi connectivity index (χ2n) is 8.92. The molecule has 0 saturated carbocycles. The largest absolute Gasteiger partial charge is 0.345 e. The first-order chi connectivity index (χ1) is 16.7. The van der Waals surface area contributed by atoms with Crippen LogP contribution in [0.5, 0.6) is 0 Å². The zero-order chi connectivity index (χ0) is 25.0. The highest BCUT2D eigenvalue weighted by Gasteiger charge is 2.34. The number of nitrogens with zero attached hydrogens (tertiary/aromatic N) is 1. The van der Waals surface area contributed by atoms with Crippen LogP contribution in [0.4, 0.5) is 0 Å². The van der Waals surface area contributed by atoms with E-state index in [1.165, 1.54) is 4.31 Å². The van der Waals surface area contributed by atoms with Crippen LogP contribution in [0, 0.1) is 12.8 Å². The summed E-state index contributed by atoms with van der Waals surface area (Å²) in [5, 5.41) is 3.81. The highest BCUT2D eigenvalue weighted by molar-refractivity contribution is 7.88. The van der Waals surface area contributed by atoms with Gasteiger partial charge >= 0.3 is 0 Å². The van der Waals surface area contributed by atoms with Crippen LogP contribution in [0.15, 0.2) is 72.8 Å².